The van der Waals surface area contributed by atoms with Gasteiger partial charge in [0.15, 0.2) is 0 Å². The molecule has 104 valence electrons. The number of ether oxygens (including phenoxy) is 1. The van der Waals surface area contributed by atoms with Crippen LogP contribution in [0.4, 0.5) is 15.8 Å². The highest BCUT2D eigenvalue weighted by Gasteiger charge is 2.23. The van der Waals surface area contributed by atoms with E-state index in [0.717, 1.165) is 18.9 Å². The van der Waals surface area contributed by atoms with E-state index in [2.05, 4.69) is 5.32 Å². The Hall–Kier alpha value is -1.82. The van der Waals surface area contributed by atoms with Crippen LogP contribution >= 0.6 is 0 Å². The summed E-state index contributed by atoms with van der Waals surface area (Å²) >= 11 is 0. The molecule has 2 rings (SSSR count). The summed E-state index contributed by atoms with van der Waals surface area (Å²) in [6, 6.07) is 2.15. The summed E-state index contributed by atoms with van der Waals surface area (Å²) in [5.74, 6) is -1.74. The van der Waals surface area contributed by atoms with E-state index < -0.39 is 11.8 Å². The largest absolute Gasteiger partial charge is 0.478 e. The third kappa shape index (κ3) is 2.96. The fraction of sp³-hybridized carbons (Fsp3) is 0.462. The Morgan fingerprint density at radius 2 is 2.37 bits per heavy atom. The molecule has 0 radical (unpaired) electrons. The molecule has 1 saturated heterocycles. The molecule has 1 aliphatic rings. The maximum absolute atomic E-state index is 13.8. The van der Waals surface area contributed by atoms with Crippen LogP contribution in [0.5, 0.6) is 0 Å². The molecule has 0 aliphatic carbocycles. The summed E-state index contributed by atoms with van der Waals surface area (Å²) in [5.41, 5.74) is 5.41. The van der Waals surface area contributed by atoms with Crippen LogP contribution in [0.15, 0.2) is 12.1 Å². The summed E-state index contributed by atoms with van der Waals surface area (Å²) in [4.78, 5) is 11.0. The number of hydrogen-bond donors (Lipinski definition) is 3. The third-order valence-corrected chi connectivity index (χ3v) is 3.28. The highest BCUT2D eigenvalue weighted by molar-refractivity contribution is 5.94. The second-order valence-electron chi connectivity index (χ2n) is 4.71. The summed E-state index contributed by atoms with van der Waals surface area (Å²) in [7, 11) is 0. The molecule has 0 saturated carbocycles. The summed E-state index contributed by atoms with van der Waals surface area (Å²) in [6.45, 7) is 2.59. The van der Waals surface area contributed by atoms with E-state index in [1.807, 2.05) is 6.92 Å². The summed E-state index contributed by atoms with van der Waals surface area (Å²) in [5, 5.41) is 11.9. The monoisotopic (exact) mass is 268 g/mol. The average Bonchev–Trinajstić information content (AvgIpc) is 2.85. The van der Waals surface area contributed by atoms with Gasteiger partial charge in [0, 0.05) is 18.3 Å². The Balaban J connectivity index is 2.19. The van der Waals surface area contributed by atoms with E-state index in [1.165, 1.54) is 6.07 Å². The van der Waals surface area contributed by atoms with Crippen LogP contribution in [0.1, 0.15) is 30.1 Å². The van der Waals surface area contributed by atoms with E-state index in [1.54, 1.807) is 0 Å². The first-order valence-corrected chi connectivity index (χ1v) is 6.19. The smallest absolute Gasteiger partial charge is 0.337 e. The number of aromatic carboxylic acids is 1. The van der Waals surface area contributed by atoms with Crippen molar-refractivity contribution in [3.8, 4) is 0 Å². The van der Waals surface area contributed by atoms with Gasteiger partial charge in [-0.25, -0.2) is 9.18 Å². The van der Waals surface area contributed by atoms with Crippen molar-refractivity contribution in [1.29, 1.82) is 0 Å². The van der Waals surface area contributed by atoms with Gasteiger partial charge in [-0.15, -0.1) is 0 Å². The van der Waals surface area contributed by atoms with Gasteiger partial charge in [-0.2, -0.15) is 0 Å². The zero-order valence-electron chi connectivity index (χ0n) is 10.6. The number of carboxylic acid groups (broad SMARTS) is 1. The first-order valence-electron chi connectivity index (χ1n) is 6.19. The quantitative estimate of drug-likeness (QED) is 0.728. The number of hydrogen-bond acceptors (Lipinski definition) is 4. The van der Waals surface area contributed by atoms with Crippen molar-refractivity contribution >= 4 is 17.3 Å². The maximum Gasteiger partial charge on any atom is 0.337 e. The number of nitrogens with one attached hydrogen (secondary N) is 1. The van der Waals surface area contributed by atoms with Gasteiger partial charge in [0.2, 0.25) is 0 Å². The molecule has 6 heteroatoms. The molecule has 4 N–H and O–H groups in total. The fourth-order valence-electron chi connectivity index (χ4n) is 2.22. The lowest BCUT2D eigenvalue weighted by Crippen LogP contribution is -2.30. The van der Waals surface area contributed by atoms with Crippen molar-refractivity contribution in [2.45, 2.75) is 31.9 Å². The standard InChI is InChI=1S/C13H17FN2O3/c1-7(12-3-2-4-19-12)16-11-5-8(13(17)18)10(15)6-9(11)14/h5-7,12,16H,2-4,15H2,1H3,(H,17,18)/t7-,12+/m1/s1. The van der Waals surface area contributed by atoms with Crippen molar-refractivity contribution in [2.75, 3.05) is 17.7 Å². The zero-order valence-corrected chi connectivity index (χ0v) is 10.6. The number of halogens is 1. The predicted molar refractivity (Wildman–Crippen MR) is 69.8 cm³/mol. The molecule has 1 aromatic rings. The van der Waals surface area contributed by atoms with E-state index in [9.17, 15) is 9.18 Å². The van der Waals surface area contributed by atoms with Crippen LogP contribution in [0.25, 0.3) is 0 Å². The van der Waals surface area contributed by atoms with Crippen molar-refractivity contribution in [3.05, 3.63) is 23.5 Å². The number of carboxylic acids is 1. The minimum Gasteiger partial charge on any atom is -0.478 e. The highest BCUT2D eigenvalue weighted by Crippen LogP contribution is 2.25. The molecule has 1 aromatic carbocycles. The van der Waals surface area contributed by atoms with E-state index in [0.29, 0.717) is 6.61 Å². The topological polar surface area (TPSA) is 84.6 Å². The number of anilines is 2. The van der Waals surface area contributed by atoms with Gasteiger partial charge in [0.1, 0.15) is 5.82 Å². The molecule has 0 aromatic heterocycles. The third-order valence-electron chi connectivity index (χ3n) is 3.28. The second-order valence-corrected chi connectivity index (χ2v) is 4.71. The lowest BCUT2D eigenvalue weighted by atomic mass is 10.1. The number of benzene rings is 1. The van der Waals surface area contributed by atoms with Gasteiger partial charge in [-0.3, -0.25) is 0 Å². The van der Waals surface area contributed by atoms with E-state index in [-0.39, 0.29) is 29.1 Å². The predicted octanol–water partition coefficient (Wildman–Crippen LogP) is 2.09. The second kappa shape index (κ2) is 5.44. The van der Waals surface area contributed by atoms with E-state index in [4.69, 9.17) is 15.6 Å². The molecule has 2 atom stereocenters. The number of nitrogen functional groups attached to an aromatic ring is 1. The first-order chi connectivity index (χ1) is 8.99. The molecule has 19 heavy (non-hydrogen) atoms. The van der Waals surface area contributed by atoms with Crippen LogP contribution in [0.3, 0.4) is 0 Å². The lowest BCUT2D eigenvalue weighted by molar-refractivity contribution is 0.0698. The molecule has 1 heterocycles. The highest BCUT2D eigenvalue weighted by atomic mass is 19.1. The van der Waals surface area contributed by atoms with Crippen molar-refractivity contribution < 1.29 is 19.0 Å². The van der Waals surface area contributed by atoms with Gasteiger partial charge in [0.25, 0.3) is 0 Å². The Morgan fingerprint density at radius 3 is 2.95 bits per heavy atom. The lowest BCUT2D eigenvalue weighted by Gasteiger charge is -2.22. The van der Waals surface area contributed by atoms with Crippen molar-refractivity contribution in [2.24, 2.45) is 0 Å². The molecule has 1 aliphatic heterocycles. The van der Waals surface area contributed by atoms with Crippen LogP contribution in [-0.4, -0.2) is 29.8 Å². The normalized spacial score (nSPS) is 20.2. The van der Waals surface area contributed by atoms with E-state index >= 15 is 0 Å². The van der Waals surface area contributed by atoms with Gasteiger partial charge < -0.3 is 20.9 Å². The molecule has 0 spiro atoms. The molecular weight excluding hydrogens is 251 g/mol. The van der Waals surface area contributed by atoms with Crippen LogP contribution in [-0.2, 0) is 4.74 Å². The molecular formula is C13H17FN2O3. The van der Waals surface area contributed by atoms with Crippen LogP contribution < -0.4 is 11.1 Å². The zero-order chi connectivity index (χ0) is 14.0. The summed E-state index contributed by atoms with van der Waals surface area (Å²) in [6.07, 6.45) is 1.92. The Morgan fingerprint density at radius 1 is 1.63 bits per heavy atom. The molecule has 0 unspecified atom stereocenters. The summed E-state index contributed by atoms with van der Waals surface area (Å²) < 4.78 is 19.3. The Labute approximate surface area is 110 Å². The average molecular weight is 268 g/mol. The van der Waals surface area contributed by atoms with Gasteiger partial charge in [-0.1, -0.05) is 0 Å². The Kier molecular flexibility index (Phi) is 3.90. The van der Waals surface area contributed by atoms with Crippen LogP contribution in [0, 0.1) is 5.82 Å². The number of nitrogens with two attached hydrogens (primary N) is 1. The molecule has 5 nitrogen and oxygen atoms in total. The minimum atomic E-state index is -1.18. The van der Waals surface area contributed by atoms with Crippen molar-refractivity contribution in [3.63, 3.8) is 0 Å². The first kappa shape index (κ1) is 13.6. The Bertz CT molecular complexity index is 487. The van der Waals surface area contributed by atoms with Crippen LogP contribution in [0.2, 0.25) is 0 Å². The van der Waals surface area contributed by atoms with Gasteiger partial charge >= 0.3 is 5.97 Å². The fourth-order valence-corrected chi connectivity index (χ4v) is 2.22. The van der Waals surface area contributed by atoms with Gasteiger partial charge in [0.05, 0.1) is 17.4 Å². The SMILES string of the molecule is C[C@@H](Nc1cc(C(=O)O)c(N)cc1F)[C@@H]1CCCO1. The molecule has 1 fully saturated rings. The number of carbonyl (C=O) groups is 1. The van der Waals surface area contributed by atoms with Crippen molar-refractivity contribution in [1.82, 2.24) is 0 Å². The number of rotatable bonds is 4. The molecule has 0 bridgehead atoms. The molecule has 0 amide bonds. The minimum absolute atomic E-state index is 0.0187. The maximum atomic E-state index is 13.8. The van der Waals surface area contributed by atoms with Gasteiger partial charge in [-0.05, 0) is 31.9 Å².